The SMILES string of the molecule is CCCN(CC(=O)NCCCOC)C1(CN)CCCCC1. The highest BCUT2D eigenvalue weighted by atomic mass is 16.5. The second-order valence-electron chi connectivity index (χ2n) is 6.11. The highest BCUT2D eigenvalue weighted by Crippen LogP contribution is 2.32. The van der Waals surface area contributed by atoms with E-state index in [1.54, 1.807) is 7.11 Å². The number of amides is 1. The van der Waals surface area contributed by atoms with Crippen LogP contribution in [0.15, 0.2) is 0 Å². The molecule has 3 N–H and O–H groups in total. The summed E-state index contributed by atoms with van der Waals surface area (Å²) in [6.07, 6.45) is 7.92. The summed E-state index contributed by atoms with van der Waals surface area (Å²) in [6.45, 7) is 5.61. The van der Waals surface area contributed by atoms with Gasteiger partial charge >= 0.3 is 0 Å². The minimum atomic E-state index is 0.0398. The molecule has 0 bridgehead atoms. The molecular formula is C16H33N3O2. The largest absolute Gasteiger partial charge is 0.385 e. The van der Waals surface area contributed by atoms with Gasteiger partial charge in [0.25, 0.3) is 0 Å². The first-order valence-corrected chi connectivity index (χ1v) is 8.39. The number of methoxy groups -OCH3 is 1. The second kappa shape index (κ2) is 10.1. The van der Waals surface area contributed by atoms with E-state index in [9.17, 15) is 4.79 Å². The molecule has 0 unspecified atom stereocenters. The lowest BCUT2D eigenvalue weighted by atomic mass is 9.80. The third-order valence-corrected chi connectivity index (χ3v) is 4.51. The van der Waals surface area contributed by atoms with Crippen molar-refractivity contribution in [2.45, 2.75) is 57.4 Å². The van der Waals surface area contributed by atoms with Crippen LogP contribution in [0.5, 0.6) is 0 Å². The standard InChI is InChI=1S/C16H33N3O2/c1-3-11-19(13-15(20)18-10-7-12-21-2)16(14-17)8-5-4-6-9-16/h3-14,17H2,1-2H3,(H,18,20). The fourth-order valence-electron chi connectivity index (χ4n) is 3.29. The Hall–Kier alpha value is -0.650. The lowest BCUT2D eigenvalue weighted by Crippen LogP contribution is -2.57. The molecule has 0 saturated heterocycles. The number of nitrogens with two attached hydrogens (primary N) is 1. The molecule has 1 fully saturated rings. The van der Waals surface area contributed by atoms with Crippen molar-refractivity contribution in [1.29, 1.82) is 0 Å². The highest BCUT2D eigenvalue weighted by Gasteiger charge is 2.37. The average Bonchev–Trinajstić information content (AvgIpc) is 2.52. The maximum Gasteiger partial charge on any atom is 0.234 e. The summed E-state index contributed by atoms with van der Waals surface area (Å²) < 4.78 is 4.99. The lowest BCUT2D eigenvalue weighted by molar-refractivity contribution is -0.124. The maximum absolute atomic E-state index is 12.2. The quantitative estimate of drug-likeness (QED) is 0.600. The van der Waals surface area contributed by atoms with Crippen LogP contribution in [0.4, 0.5) is 0 Å². The van der Waals surface area contributed by atoms with Gasteiger partial charge in [0.1, 0.15) is 0 Å². The molecule has 124 valence electrons. The molecule has 1 amide bonds. The van der Waals surface area contributed by atoms with E-state index < -0.39 is 0 Å². The van der Waals surface area contributed by atoms with E-state index in [2.05, 4.69) is 17.1 Å². The number of ether oxygens (including phenoxy) is 1. The van der Waals surface area contributed by atoms with Crippen LogP contribution in [-0.4, -0.2) is 56.2 Å². The van der Waals surface area contributed by atoms with E-state index in [4.69, 9.17) is 10.5 Å². The number of nitrogens with one attached hydrogen (secondary N) is 1. The number of carbonyl (C=O) groups is 1. The number of hydrogen-bond donors (Lipinski definition) is 2. The Morgan fingerprint density at radius 1 is 1.33 bits per heavy atom. The van der Waals surface area contributed by atoms with Crippen molar-refractivity contribution in [3.63, 3.8) is 0 Å². The summed E-state index contributed by atoms with van der Waals surface area (Å²) in [4.78, 5) is 14.5. The van der Waals surface area contributed by atoms with Crippen LogP contribution < -0.4 is 11.1 Å². The Labute approximate surface area is 129 Å². The van der Waals surface area contributed by atoms with Crippen molar-refractivity contribution in [1.82, 2.24) is 10.2 Å². The van der Waals surface area contributed by atoms with Gasteiger partial charge in [0.15, 0.2) is 0 Å². The summed E-state index contributed by atoms with van der Waals surface area (Å²) in [5.41, 5.74) is 6.13. The van der Waals surface area contributed by atoms with Crippen molar-refractivity contribution in [2.24, 2.45) is 5.73 Å². The normalized spacial score (nSPS) is 17.9. The zero-order valence-corrected chi connectivity index (χ0v) is 13.8. The zero-order valence-electron chi connectivity index (χ0n) is 13.8. The molecule has 5 nitrogen and oxygen atoms in total. The van der Waals surface area contributed by atoms with Crippen molar-refractivity contribution in [3.8, 4) is 0 Å². The van der Waals surface area contributed by atoms with Gasteiger partial charge in [0, 0.05) is 32.3 Å². The summed E-state index contributed by atoms with van der Waals surface area (Å²) in [5.74, 6) is 0.109. The minimum Gasteiger partial charge on any atom is -0.385 e. The average molecular weight is 299 g/mol. The van der Waals surface area contributed by atoms with Crippen LogP contribution >= 0.6 is 0 Å². The van der Waals surface area contributed by atoms with Crippen molar-refractivity contribution in [3.05, 3.63) is 0 Å². The molecule has 1 aliphatic rings. The molecule has 21 heavy (non-hydrogen) atoms. The Morgan fingerprint density at radius 2 is 2.05 bits per heavy atom. The molecule has 0 heterocycles. The van der Waals surface area contributed by atoms with Crippen molar-refractivity contribution < 1.29 is 9.53 Å². The molecule has 0 spiro atoms. The minimum absolute atomic E-state index is 0.0398. The summed E-state index contributed by atoms with van der Waals surface area (Å²) in [6, 6.07) is 0. The fourth-order valence-corrected chi connectivity index (χ4v) is 3.29. The van der Waals surface area contributed by atoms with Crippen LogP contribution in [-0.2, 0) is 9.53 Å². The monoisotopic (exact) mass is 299 g/mol. The molecule has 5 heteroatoms. The Balaban J connectivity index is 2.52. The predicted octanol–water partition coefficient (Wildman–Crippen LogP) is 1.51. The number of carbonyl (C=O) groups excluding carboxylic acids is 1. The van der Waals surface area contributed by atoms with E-state index in [-0.39, 0.29) is 11.4 Å². The highest BCUT2D eigenvalue weighted by molar-refractivity contribution is 5.78. The smallest absolute Gasteiger partial charge is 0.234 e. The van der Waals surface area contributed by atoms with Crippen LogP contribution in [0.1, 0.15) is 51.9 Å². The van der Waals surface area contributed by atoms with Crippen molar-refractivity contribution >= 4 is 5.91 Å². The van der Waals surface area contributed by atoms with Crippen molar-refractivity contribution in [2.75, 3.05) is 39.9 Å². The maximum atomic E-state index is 12.2. The third-order valence-electron chi connectivity index (χ3n) is 4.51. The Kier molecular flexibility index (Phi) is 8.88. The van der Waals surface area contributed by atoms with Gasteiger partial charge in [-0.05, 0) is 32.2 Å². The van der Waals surface area contributed by atoms with Gasteiger partial charge < -0.3 is 15.8 Å². The van der Waals surface area contributed by atoms with Gasteiger partial charge in [-0.3, -0.25) is 9.69 Å². The second-order valence-corrected chi connectivity index (χ2v) is 6.11. The van der Waals surface area contributed by atoms with Crippen LogP contribution in [0.2, 0.25) is 0 Å². The molecule has 0 aromatic carbocycles. The summed E-state index contributed by atoms with van der Waals surface area (Å²) in [7, 11) is 1.68. The van der Waals surface area contributed by atoms with Gasteiger partial charge in [-0.2, -0.15) is 0 Å². The first kappa shape index (κ1) is 18.4. The molecular weight excluding hydrogens is 266 g/mol. The number of hydrogen-bond acceptors (Lipinski definition) is 4. The summed E-state index contributed by atoms with van der Waals surface area (Å²) >= 11 is 0. The Morgan fingerprint density at radius 3 is 2.62 bits per heavy atom. The van der Waals surface area contributed by atoms with E-state index >= 15 is 0 Å². The zero-order chi connectivity index (χ0) is 15.6. The molecule has 0 radical (unpaired) electrons. The molecule has 0 atom stereocenters. The van der Waals surface area contributed by atoms with Crippen LogP contribution in [0.25, 0.3) is 0 Å². The van der Waals surface area contributed by atoms with Crippen LogP contribution in [0, 0.1) is 0 Å². The van der Waals surface area contributed by atoms with Gasteiger partial charge in [0.2, 0.25) is 5.91 Å². The lowest BCUT2D eigenvalue weighted by Gasteiger charge is -2.45. The molecule has 0 aromatic heterocycles. The first-order chi connectivity index (χ1) is 10.2. The first-order valence-electron chi connectivity index (χ1n) is 8.39. The Bertz CT molecular complexity index is 291. The van der Waals surface area contributed by atoms with E-state index in [1.165, 1.54) is 19.3 Å². The molecule has 0 aromatic rings. The topological polar surface area (TPSA) is 67.6 Å². The van der Waals surface area contributed by atoms with Gasteiger partial charge in [0.05, 0.1) is 6.54 Å². The fraction of sp³-hybridized carbons (Fsp3) is 0.938. The molecule has 1 saturated carbocycles. The van der Waals surface area contributed by atoms with Gasteiger partial charge in [-0.1, -0.05) is 26.2 Å². The van der Waals surface area contributed by atoms with E-state index in [0.29, 0.717) is 26.2 Å². The van der Waals surface area contributed by atoms with Crippen LogP contribution in [0.3, 0.4) is 0 Å². The molecule has 1 aliphatic carbocycles. The molecule has 1 rings (SSSR count). The van der Waals surface area contributed by atoms with E-state index in [0.717, 1.165) is 32.2 Å². The van der Waals surface area contributed by atoms with Gasteiger partial charge in [-0.15, -0.1) is 0 Å². The molecule has 0 aliphatic heterocycles. The van der Waals surface area contributed by atoms with E-state index in [1.807, 2.05) is 0 Å². The third kappa shape index (κ3) is 5.93. The van der Waals surface area contributed by atoms with Gasteiger partial charge in [-0.25, -0.2) is 0 Å². The number of rotatable bonds is 10. The number of nitrogens with zero attached hydrogens (tertiary/aromatic N) is 1. The predicted molar refractivity (Wildman–Crippen MR) is 86.2 cm³/mol. The summed E-state index contributed by atoms with van der Waals surface area (Å²) in [5, 5.41) is 2.99.